The van der Waals surface area contributed by atoms with E-state index in [1.165, 1.54) is 0 Å². The second-order valence-electron chi connectivity index (χ2n) is 4.61. The summed E-state index contributed by atoms with van der Waals surface area (Å²) in [7, 11) is 0. The molecule has 0 fully saturated rings. The summed E-state index contributed by atoms with van der Waals surface area (Å²) in [5, 5.41) is 8.04. The van der Waals surface area contributed by atoms with Crippen molar-refractivity contribution in [1.82, 2.24) is 5.43 Å². The summed E-state index contributed by atoms with van der Waals surface area (Å²) in [6, 6.07) is 20.0. The van der Waals surface area contributed by atoms with Crippen LogP contribution in [0.3, 0.4) is 0 Å². The van der Waals surface area contributed by atoms with Crippen molar-refractivity contribution in [2.45, 2.75) is 19.8 Å². The van der Waals surface area contributed by atoms with Gasteiger partial charge in [0.15, 0.2) is 5.11 Å². The molecule has 0 aliphatic carbocycles. The molecule has 2 aromatic rings. The molecule has 2 aromatic carbocycles. The fourth-order valence-electron chi connectivity index (χ4n) is 1.93. The van der Waals surface area contributed by atoms with Crippen LogP contribution in [-0.4, -0.2) is 10.8 Å². The number of benzene rings is 2. The van der Waals surface area contributed by atoms with Crippen LogP contribution in [-0.2, 0) is 0 Å². The van der Waals surface area contributed by atoms with E-state index in [2.05, 4.69) is 34.9 Å². The Morgan fingerprint density at radius 1 is 1.00 bits per heavy atom. The Morgan fingerprint density at radius 3 is 2.24 bits per heavy atom. The third-order valence-electron chi connectivity index (χ3n) is 2.92. The van der Waals surface area contributed by atoms with Gasteiger partial charge in [-0.25, -0.2) is 0 Å². The molecule has 0 heterocycles. The second kappa shape index (κ2) is 8.17. The molecule has 21 heavy (non-hydrogen) atoms. The summed E-state index contributed by atoms with van der Waals surface area (Å²) in [5.74, 6) is 0. The standard InChI is InChI=1S/C17H19N3S/c1-2-9-16(14-10-5-3-6-11-14)19-20-17(21)18-15-12-7-4-8-13-15/h3-8,10-13H,2,9H2,1H3,(H2,18,20,21). The first-order valence-electron chi connectivity index (χ1n) is 7.03. The third-order valence-corrected chi connectivity index (χ3v) is 3.11. The van der Waals surface area contributed by atoms with E-state index in [0.29, 0.717) is 5.11 Å². The molecular weight excluding hydrogens is 278 g/mol. The zero-order chi connectivity index (χ0) is 14.9. The molecule has 0 aliphatic heterocycles. The third kappa shape index (κ3) is 5.00. The molecule has 0 spiro atoms. The minimum absolute atomic E-state index is 0.491. The molecule has 0 bridgehead atoms. The van der Waals surface area contributed by atoms with Gasteiger partial charge >= 0.3 is 0 Å². The van der Waals surface area contributed by atoms with Gasteiger partial charge in [0, 0.05) is 5.69 Å². The van der Waals surface area contributed by atoms with Crippen molar-refractivity contribution in [3.63, 3.8) is 0 Å². The maximum atomic E-state index is 5.26. The average molecular weight is 297 g/mol. The average Bonchev–Trinajstić information content (AvgIpc) is 2.53. The van der Waals surface area contributed by atoms with E-state index in [1.807, 2.05) is 48.5 Å². The smallest absolute Gasteiger partial charge is 0.191 e. The summed E-state index contributed by atoms with van der Waals surface area (Å²) in [5.41, 5.74) is 6.00. The van der Waals surface area contributed by atoms with E-state index >= 15 is 0 Å². The van der Waals surface area contributed by atoms with Crippen LogP contribution < -0.4 is 10.7 Å². The monoisotopic (exact) mass is 297 g/mol. The van der Waals surface area contributed by atoms with E-state index < -0.39 is 0 Å². The van der Waals surface area contributed by atoms with Gasteiger partial charge in [0.25, 0.3) is 0 Å². The molecule has 2 rings (SSSR count). The SMILES string of the molecule is CCCC(=NNC(=S)Nc1ccccc1)c1ccccc1. The van der Waals surface area contributed by atoms with Crippen LogP contribution in [0.25, 0.3) is 0 Å². The zero-order valence-electron chi connectivity index (χ0n) is 12.0. The first-order chi connectivity index (χ1) is 10.3. The minimum Gasteiger partial charge on any atom is -0.331 e. The van der Waals surface area contributed by atoms with Crippen molar-refractivity contribution in [3.8, 4) is 0 Å². The fraction of sp³-hybridized carbons (Fsp3) is 0.176. The van der Waals surface area contributed by atoms with Crippen molar-refractivity contribution < 1.29 is 0 Å². The molecule has 0 saturated heterocycles. The van der Waals surface area contributed by atoms with Gasteiger partial charge in [0.1, 0.15) is 0 Å². The van der Waals surface area contributed by atoms with Crippen LogP contribution in [0.4, 0.5) is 5.69 Å². The number of rotatable bonds is 5. The van der Waals surface area contributed by atoms with Gasteiger partial charge in [0.2, 0.25) is 0 Å². The lowest BCUT2D eigenvalue weighted by Crippen LogP contribution is -2.25. The molecular formula is C17H19N3S. The van der Waals surface area contributed by atoms with Crippen molar-refractivity contribution in [1.29, 1.82) is 0 Å². The molecule has 0 atom stereocenters. The van der Waals surface area contributed by atoms with Crippen LogP contribution in [0.5, 0.6) is 0 Å². The van der Waals surface area contributed by atoms with Crippen LogP contribution in [0.15, 0.2) is 65.8 Å². The van der Waals surface area contributed by atoms with E-state index in [1.54, 1.807) is 0 Å². The van der Waals surface area contributed by atoms with Crippen molar-refractivity contribution in [2.75, 3.05) is 5.32 Å². The van der Waals surface area contributed by atoms with E-state index in [-0.39, 0.29) is 0 Å². The highest BCUT2D eigenvalue weighted by atomic mass is 32.1. The first-order valence-corrected chi connectivity index (χ1v) is 7.44. The minimum atomic E-state index is 0.491. The summed E-state index contributed by atoms with van der Waals surface area (Å²) in [6.07, 6.45) is 1.94. The van der Waals surface area contributed by atoms with Gasteiger partial charge in [-0.05, 0) is 36.3 Å². The molecule has 0 amide bonds. The number of hydrogen-bond acceptors (Lipinski definition) is 2. The Balaban J connectivity index is 2.01. The van der Waals surface area contributed by atoms with Crippen LogP contribution in [0, 0.1) is 0 Å². The van der Waals surface area contributed by atoms with Crippen molar-refractivity contribution >= 4 is 28.7 Å². The van der Waals surface area contributed by atoms with Gasteiger partial charge in [-0.1, -0.05) is 61.9 Å². The zero-order valence-corrected chi connectivity index (χ0v) is 12.9. The maximum absolute atomic E-state index is 5.26. The second-order valence-corrected chi connectivity index (χ2v) is 5.01. The largest absolute Gasteiger partial charge is 0.331 e. The number of nitrogens with one attached hydrogen (secondary N) is 2. The van der Waals surface area contributed by atoms with Crippen molar-refractivity contribution in [3.05, 3.63) is 66.2 Å². The quantitative estimate of drug-likeness (QED) is 0.494. The lowest BCUT2D eigenvalue weighted by Gasteiger charge is -2.09. The molecule has 2 N–H and O–H groups in total. The molecule has 0 saturated carbocycles. The number of para-hydroxylation sites is 1. The van der Waals surface area contributed by atoms with Crippen LogP contribution >= 0.6 is 12.2 Å². The number of hydrazone groups is 1. The van der Waals surface area contributed by atoms with Gasteiger partial charge < -0.3 is 5.32 Å². The Morgan fingerprint density at radius 2 is 1.62 bits per heavy atom. The maximum Gasteiger partial charge on any atom is 0.191 e. The molecule has 4 heteroatoms. The van der Waals surface area contributed by atoms with E-state index in [9.17, 15) is 0 Å². The highest BCUT2D eigenvalue weighted by molar-refractivity contribution is 7.80. The summed E-state index contributed by atoms with van der Waals surface area (Å²) in [4.78, 5) is 0. The summed E-state index contributed by atoms with van der Waals surface area (Å²) in [6.45, 7) is 2.14. The topological polar surface area (TPSA) is 36.4 Å². The van der Waals surface area contributed by atoms with E-state index in [0.717, 1.165) is 29.8 Å². The summed E-state index contributed by atoms with van der Waals surface area (Å²) < 4.78 is 0. The van der Waals surface area contributed by atoms with Crippen LogP contribution in [0.2, 0.25) is 0 Å². The molecule has 3 nitrogen and oxygen atoms in total. The number of thiocarbonyl (C=S) groups is 1. The van der Waals surface area contributed by atoms with Gasteiger partial charge in [-0.15, -0.1) is 0 Å². The van der Waals surface area contributed by atoms with Gasteiger partial charge in [-0.2, -0.15) is 5.10 Å². The Kier molecular flexibility index (Phi) is 5.91. The molecule has 108 valence electrons. The Labute approximate surface area is 131 Å². The van der Waals surface area contributed by atoms with Crippen LogP contribution in [0.1, 0.15) is 25.3 Å². The fourth-order valence-corrected chi connectivity index (χ4v) is 2.09. The molecule has 0 radical (unpaired) electrons. The van der Waals surface area contributed by atoms with Crippen molar-refractivity contribution in [2.24, 2.45) is 5.10 Å². The Hall–Kier alpha value is -2.20. The highest BCUT2D eigenvalue weighted by Crippen LogP contribution is 2.07. The van der Waals surface area contributed by atoms with Gasteiger partial charge in [0.05, 0.1) is 5.71 Å². The summed E-state index contributed by atoms with van der Waals surface area (Å²) >= 11 is 5.26. The number of hydrogen-bond donors (Lipinski definition) is 2. The first kappa shape index (κ1) is 15.2. The highest BCUT2D eigenvalue weighted by Gasteiger charge is 2.02. The Bertz CT molecular complexity index is 594. The number of anilines is 1. The predicted octanol–water partition coefficient (Wildman–Crippen LogP) is 4.18. The van der Waals surface area contributed by atoms with Gasteiger partial charge in [-0.3, -0.25) is 5.43 Å². The normalized spacial score (nSPS) is 11.0. The molecule has 0 aromatic heterocycles. The lowest BCUT2D eigenvalue weighted by atomic mass is 10.1. The molecule has 0 unspecified atom stereocenters. The van der Waals surface area contributed by atoms with E-state index in [4.69, 9.17) is 12.2 Å². The lowest BCUT2D eigenvalue weighted by molar-refractivity contribution is 0.954. The number of nitrogens with zero attached hydrogens (tertiary/aromatic N) is 1. The predicted molar refractivity (Wildman–Crippen MR) is 93.7 cm³/mol. The molecule has 0 aliphatic rings.